The summed E-state index contributed by atoms with van der Waals surface area (Å²) in [6, 6.07) is 2.33. The summed E-state index contributed by atoms with van der Waals surface area (Å²) in [6.45, 7) is 2.16. The van der Waals surface area contributed by atoms with Crippen molar-refractivity contribution in [1.82, 2.24) is 10.6 Å². The highest BCUT2D eigenvalue weighted by Gasteiger charge is 2.11. The van der Waals surface area contributed by atoms with E-state index in [1.165, 1.54) is 0 Å². The number of carbonyl (C=O) groups excluding carboxylic acids is 2. The summed E-state index contributed by atoms with van der Waals surface area (Å²) in [6.07, 6.45) is 0.777. The Balaban J connectivity index is 2.51. The number of benzene rings is 1. The van der Waals surface area contributed by atoms with Crippen LogP contribution in [0.5, 0.6) is 0 Å². The van der Waals surface area contributed by atoms with Crippen LogP contribution < -0.4 is 16.0 Å². The van der Waals surface area contributed by atoms with E-state index < -0.39 is 17.8 Å². The number of aromatic carboxylic acids is 1. The molecule has 3 amide bonds. The Morgan fingerprint density at radius 2 is 1.95 bits per heavy atom. The third kappa shape index (κ3) is 5.47. The van der Waals surface area contributed by atoms with Crippen molar-refractivity contribution in [2.45, 2.75) is 13.3 Å². The Labute approximate surface area is 120 Å². The van der Waals surface area contributed by atoms with Gasteiger partial charge in [-0.15, -0.1) is 0 Å². The first-order chi connectivity index (χ1) is 9.93. The van der Waals surface area contributed by atoms with Crippen molar-refractivity contribution in [3.63, 3.8) is 0 Å². The number of urea groups is 1. The van der Waals surface area contributed by atoms with Gasteiger partial charge in [0, 0.05) is 6.54 Å². The smallest absolute Gasteiger partial charge is 0.335 e. The van der Waals surface area contributed by atoms with Gasteiger partial charge in [0.1, 0.15) is 5.82 Å². The van der Waals surface area contributed by atoms with Gasteiger partial charge in [-0.25, -0.2) is 14.0 Å². The number of hydrogen-bond donors (Lipinski definition) is 4. The third-order valence-corrected chi connectivity index (χ3v) is 2.45. The molecule has 0 aliphatic rings. The predicted molar refractivity (Wildman–Crippen MR) is 73.7 cm³/mol. The van der Waals surface area contributed by atoms with Crippen molar-refractivity contribution in [2.24, 2.45) is 0 Å². The zero-order valence-corrected chi connectivity index (χ0v) is 11.4. The molecule has 0 heterocycles. The van der Waals surface area contributed by atoms with Crippen LogP contribution >= 0.6 is 0 Å². The summed E-state index contributed by atoms with van der Waals surface area (Å²) >= 11 is 0. The minimum atomic E-state index is -1.27. The predicted octanol–water partition coefficient (Wildman–Crippen LogP) is 1.17. The molecular weight excluding hydrogens is 281 g/mol. The lowest BCUT2D eigenvalue weighted by atomic mass is 10.2. The summed E-state index contributed by atoms with van der Waals surface area (Å²) in [4.78, 5) is 33.4. The molecule has 0 unspecified atom stereocenters. The van der Waals surface area contributed by atoms with Crippen LogP contribution in [0.4, 0.5) is 14.9 Å². The first kappa shape index (κ1) is 16.4. The molecule has 0 bridgehead atoms. The van der Waals surface area contributed by atoms with Gasteiger partial charge in [0.15, 0.2) is 0 Å². The lowest BCUT2D eigenvalue weighted by Crippen LogP contribution is -2.39. The van der Waals surface area contributed by atoms with Crippen LogP contribution in [0.1, 0.15) is 23.7 Å². The van der Waals surface area contributed by atoms with Gasteiger partial charge in [-0.1, -0.05) is 6.92 Å². The summed E-state index contributed by atoms with van der Waals surface area (Å²) in [7, 11) is 0. The van der Waals surface area contributed by atoms with Gasteiger partial charge in [0.2, 0.25) is 5.91 Å². The summed E-state index contributed by atoms with van der Waals surface area (Å²) in [5.74, 6) is -2.49. The van der Waals surface area contributed by atoms with E-state index in [2.05, 4.69) is 16.0 Å². The number of amides is 3. The Hall–Kier alpha value is -2.64. The molecule has 114 valence electrons. The fourth-order valence-corrected chi connectivity index (χ4v) is 1.40. The van der Waals surface area contributed by atoms with Crippen LogP contribution in [0, 0.1) is 5.82 Å². The first-order valence-electron chi connectivity index (χ1n) is 6.28. The van der Waals surface area contributed by atoms with E-state index in [0.29, 0.717) is 6.54 Å². The van der Waals surface area contributed by atoms with Gasteiger partial charge in [-0.2, -0.15) is 0 Å². The lowest BCUT2D eigenvalue weighted by Gasteiger charge is -2.09. The van der Waals surface area contributed by atoms with E-state index in [1.807, 2.05) is 6.92 Å². The average molecular weight is 297 g/mol. The SMILES string of the molecule is CCCNC(=O)CNC(=O)Nc1ccc(C(=O)O)cc1F. The maximum atomic E-state index is 13.6. The molecule has 8 heteroatoms. The lowest BCUT2D eigenvalue weighted by molar-refractivity contribution is -0.120. The maximum absolute atomic E-state index is 13.6. The summed E-state index contributed by atoms with van der Waals surface area (Å²) < 4.78 is 13.6. The van der Waals surface area contributed by atoms with Crippen LogP contribution in [-0.4, -0.2) is 36.1 Å². The molecule has 1 aromatic rings. The number of carbonyl (C=O) groups is 3. The molecule has 4 N–H and O–H groups in total. The molecule has 0 saturated heterocycles. The van der Waals surface area contributed by atoms with Gasteiger partial charge >= 0.3 is 12.0 Å². The fraction of sp³-hybridized carbons (Fsp3) is 0.308. The zero-order valence-electron chi connectivity index (χ0n) is 11.4. The van der Waals surface area contributed by atoms with Crippen molar-refractivity contribution < 1.29 is 23.9 Å². The monoisotopic (exact) mass is 297 g/mol. The van der Waals surface area contributed by atoms with Gasteiger partial charge in [0.05, 0.1) is 17.8 Å². The summed E-state index contributed by atoms with van der Waals surface area (Å²) in [5, 5.41) is 15.7. The second-order valence-electron chi connectivity index (χ2n) is 4.16. The van der Waals surface area contributed by atoms with Crippen LogP contribution in [-0.2, 0) is 4.79 Å². The van der Waals surface area contributed by atoms with E-state index in [4.69, 9.17) is 5.11 Å². The molecule has 0 radical (unpaired) electrons. The number of hydrogen-bond acceptors (Lipinski definition) is 3. The molecule has 0 fully saturated rings. The Kier molecular flexibility index (Phi) is 6.12. The molecule has 1 rings (SSSR count). The van der Waals surface area contributed by atoms with Crippen molar-refractivity contribution in [1.29, 1.82) is 0 Å². The second-order valence-corrected chi connectivity index (χ2v) is 4.16. The molecule has 0 aliphatic carbocycles. The van der Waals surface area contributed by atoms with Gasteiger partial charge in [0.25, 0.3) is 0 Å². The minimum Gasteiger partial charge on any atom is -0.478 e. The maximum Gasteiger partial charge on any atom is 0.335 e. The minimum absolute atomic E-state index is 0.175. The number of nitrogens with one attached hydrogen (secondary N) is 3. The first-order valence-corrected chi connectivity index (χ1v) is 6.28. The zero-order chi connectivity index (χ0) is 15.8. The second kappa shape index (κ2) is 7.83. The molecule has 0 saturated carbocycles. The highest BCUT2D eigenvalue weighted by molar-refractivity contribution is 5.93. The van der Waals surface area contributed by atoms with Crippen LogP contribution in [0.2, 0.25) is 0 Å². The number of rotatable bonds is 6. The number of carboxylic acid groups (broad SMARTS) is 1. The van der Waals surface area contributed by atoms with Crippen molar-refractivity contribution in [3.8, 4) is 0 Å². The molecular formula is C13H16FN3O4. The van der Waals surface area contributed by atoms with Gasteiger partial charge in [-0.3, -0.25) is 4.79 Å². The van der Waals surface area contributed by atoms with E-state index >= 15 is 0 Å². The normalized spacial score (nSPS) is 9.81. The molecule has 1 aromatic carbocycles. The summed E-state index contributed by atoms with van der Waals surface area (Å²) in [5.41, 5.74) is -0.399. The molecule has 0 atom stereocenters. The fourth-order valence-electron chi connectivity index (χ4n) is 1.40. The highest BCUT2D eigenvalue weighted by Crippen LogP contribution is 2.15. The standard InChI is InChI=1S/C13H16FN3O4/c1-2-5-15-11(18)7-16-13(21)17-10-4-3-8(12(19)20)6-9(10)14/h3-4,6H,2,5,7H2,1H3,(H,15,18)(H,19,20)(H2,16,17,21). The third-order valence-electron chi connectivity index (χ3n) is 2.45. The average Bonchev–Trinajstić information content (AvgIpc) is 2.44. The molecule has 7 nitrogen and oxygen atoms in total. The molecule has 21 heavy (non-hydrogen) atoms. The molecule has 0 spiro atoms. The number of halogens is 1. The topological polar surface area (TPSA) is 108 Å². The van der Waals surface area contributed by atoms with E-state index in [9.17, 15) is 18.8 Å². The van der Waals surface area contributed by atoms with Crippen LogP contribution in [0.15, 0.2) is 18.2 Å². The van der Waals surface area contributed by atoms with E-state index in [1.54, 1.807) is 0 Å². The van der Waals surface area contributed by atoms with E-state index in [0.717, 1.165) is 24.6 Å². The van der Waals surface area contributed by atoms with Crippen LogP contribution in [0.3, 0.4) is 0 Å². The van der Waals surface area contributed by atoms with Crippen molar-refractivity contribution in [3.05, 3.63) is 29.6 Å². The van der Waals surface area contributed by atoms with Gasteiger partial charge in [-0.05, 0) is 24.6 Å². The largest absolute Gasteiger partial charge is 0.478 e. The quantitative estimate of drug-likeness (QED) is 0.632. The molecule has 0 aliphatic heterocycles. The number of carboxylic acids is 1. The molecule has 0 aromatic heterocycles. The highest BCUT2D eigenvalue weighted by atomic mass is 19.1. The van der Waals surface area contributed by atoms with Gasteiger partial charge < -0.3 is 21.1 Å². The Morgan fingerprint density at radius 1 is 1.24 bits per heavy atom. The Morgan fingerprint density at radius 3 is 2.52 bits per heavy atom. The van der Waals surface area contributed by atoms with Crippen molar-refractivity contribution in [2.75, 3.05) is 18.4 Å². The van der Waals surface area contributed by atoms with Crippen molar-refractivity contribution >= 4 is 23.6 Å². The number of anilines is 1. The Bertz CT molecular complexity index is 548. The van der Waals surface area contributed by atoms with Crippen LogP contribution in [0.25, 0.3) is 0 Å². The van der Waals surface area contributed by atoms with E-state index in [-0.39, 0.29) is 23.7 Å².